The van der Waals surface area contributed by atoms with Crippen LogP contribution in [0.4, 0.5) is 0 Å². The normalized spacial score (nSPS) is 16.5. The summed E-state index contributed by atoms with van der Waals surface area (Å²) in [6.45, 7) is 3.46. The standard InChI is InChI=1S/C17H26BrNO2/c1-3-21-17-14(15(18)10-11-16(17)20-2)12-19-13-8-6-4-5-7-9-13/h10-11,13,19H,3-9,12H2,1-2H3. The Kier molecular flexibility index (Phi) is 6.84. The first kappa shape index (κ1) is 16.6. The molecule has 0 atom stereocenters. The Morgan fingerprint density at radius 2 is 1.90 bits per heavy atom. The maximum Gasteiger partial charge on any atom is 0.166 e. The molecule has 1 saturated carbocycles. The van der Waals surface area contributed by atoms with E-state index in [1.165, 1.54) is 38.5 Å². The molecular formula is C17H26BrNO2. The van der Waals surface area contributed by atoms with Gasteiger partial charge >= 0.3 is 0 Å². The lowest BCUT2D eigenvalue weighted by atomic mass is 10.1. The van der Waals surface area contributed by atoms with Gasteiger partial charge in [0.15, 0.2) is 11.5 Å². The molecule has 1 aliphatic carbocycles. The maximum atomic E-state index is 5.81. The van der Waals surface area contributed by atoms with E-state index in [0.29, 0.717) is 12.6 Å². The summed E-state index contributed by atoms with van der Waals surface area (Å²) >= 11 is 3.65. The summed E-state index contributed by atoms with van der Waals surface area (Å²) in [6.07, 6.45) is 8.01. The quantitative estimate of drug-likeness (QED) is 0.752. The molecule has 21 heavy (non-hydrogen) atoms. The van der Waals surface area contributed by atoms with E-state index >= 15 is 0 Å². The van der Waals surface area contributed by atoms with Crippen molar-refractivity contribution in [2.24, 2.45) is 0 Å². The molecule has 118 valence electrons. The third kappa shape index (κ3) is 4.62. The first-order valence-electron chi connectivity index (χ1n) is 7.97. The van der Waals surface area contributed by atoms with E-state index in [1.54, 1.807) is 7.11 Å². The Morgan fingerprint density at radius 1 is 1.19 bits per heavy atom. The van der Waals surface area contributed by atoms with Crippen LogP contribution < -0.4 is 14.8 Å². The highest BCUT2D eigenvalue weighted by atomic mass is 79.9. The lowest BCUT2D eigenvalue weighted by Gasteiger charge is -2.20. The molecule has 1 N–H and O–H groups in total. The second-order valence-corrected chi connectivity index (χ2v) is 6.41. The molecule has 0 bridgehead atoms. The van der Waals surface area contributed by atoms with Crippen LogP contribution in [0.5, 0.6) is 11.5 Å². The summed E-state index contributed by atoms with van der Waals surface area (Å²) in [5.41, 5.74) is 1.15. The molecule has 0 amide bonds. The minimum Gasteiger partial charge on any atom is -0.493 e. The van der Waals surface area contributed by atoms with Gasteiger partial charge in [0.1, 0.15) is 0 Å². The van der Waals surface area contributed by atoms with Crippen molar-refractivity contribution in [1.29, 1.82) is 0 Å². The smallest absolute Gasteiger partial charge is 0.166 e. The van der Waals surface area contributed by atoms with Crippen LogP contribution in [0.2, 0.25) is 0 Å². The first-order chi connectivity index (χ1) is 10.3. The highest BCUT2D eigenvalue weighted by Crippen LogP contribution is 2.36. The molecule has 0 heterocycles. The van der Waals surface area contributed by atoms with Crippen molar-refractivity contribution >= 4 is 15.9 Å². The molecular weight excluding hydrogens is 330 g/mol. The molecule has 0 saturated heterocycles. The van der Waals surface area contributed by atoms with E-state index < -0.39 is 0 Å². The Labute approximate surface area is 136 Å². The van der Waals surface area contributed by atoms with E-state index in [0.717, 1.165) is 28.1 Å². The van der Waals surface area contributed by atoms with Crippen molar-refractivity contribution < 1.29 is 9.47 Å². The van der Waals surface area contributed by atoms with Crippen LogP contribution in [0.1, 0.15) is 51.0 Å². The second kappa shape index (κ2) is 8.64. The molecule has 2 rings (SSSR count). The predicted molar refractivity (Wildman–Crippen MR) is 90.2 cm³/mol. The number of nitrogens with one attached hydrogen (secondary N) is 1. The summed E-state index contributed by atoms with van der Waals surface area (Å²) in [5, 5.41) is 3.70. The fraction of sp³-hybridized carbons (Fsp3) is 0.647. The molecule has 0 aliphatic heterocycles. The first-order valence-corrected chi connectivity index (χ1v) is 8.77. The van der Waals surface area contributed by atoms with Crippen LogP contribution in [0.15, 0.2) is 16.6 Å². The summed E-state index contributed by atoms with van der Waals surface area (Å²) in [6, 6.07) is 4.61. The average Bonchev–Trinajstić information content (AvgIpc) is 2.76. The van der Waals surface area contributed by atoms with Crippen LogP contribution in [0.25, 0.3) is 0 Å². The molecule has 1 fully saturated rings. The van der Waals surface area contributed by atoms with Gasteiger partial charge in [0.25, 0.3) is 0 Å². The number of halogens is 1. The van der Waals surface area contributed by atoms with Crippen LogP contribution in [-0.2, 0) is 6.54 Å². The Bertz CT molecular complexity index is 443. The van der Waals surface area contributed by atoms with Crippen molar-refractivity contribution in [3.8, 4) is 11.5 Å². The Balaban J connectivity index is 2.10. The predicted octanol–water partition coefficient (Wildman–Crippen LogP) is 4.67. The zero-order chi connectivity index (χ0) is 15.1. The number of hydrogen-bond acceptors (Lipinski definition) is 3. The van der Waals surface area contributed by atoms with Crippen molar-refractivity contribution in [2.45, 2.75) is 58.0 Å². The Morgan fingerprint density at radius 3 is 2.52 bits per heavy atom. The van der Waals surface area contributed by atoms with Gasteiger partial charge in [-0.15, -0.1) is 0 Å². The van der Waals surface area contributed by atoms with Crippen molar-refractivity contribution in [2.75, 3.05) is 13.7 Å². The lowest BCUT2D eigenvalue weighted by molar-refractivity contribution is 0.305. The van der Waals surface area contributed by atoms with E-state index in [-0.39, 0.29) is 0 Å². The summed E-state index contributed by atoms with van der Waals surface area (Å²) in [5.74, 6) is 1.66. The fourth-order valence-corrected chi connectivity index (χ4v) is 3.39. The summed E-state index contributed by atoms with van der Waals surface area (Å²) in [4.78, 5) is 0. The van der Waals surface area contributed by atoms with Crippen molar-refractivity contribution in [3.05, 3.63) is 22.2 Å². The number of hydrogen-bond donors (Lipinski definition) is 1. The molecule has 1 aliphatic rings. The summed E-state index contributed by atoms with van der Waals surface area (Å²) < 4.78 is 12.3. The van der Waals surface area contributed by atoms with Crippen LogP contribution in [0, 0.1) is 0 Å². The van der Waals surface area contributed by atoms with E-state index in [9.17, 15) is 0 Å². The fourth-order valence-electron chi connectivity index (χ4n) is 2.94. The van der Waals surface area contributed by atoms with Crippen molar-refractivity contribution in [1.82, 2.24) is 5.32 Å². The second-order valence-electron chi connectivity index (χ2n) is 5.56. The zero-order valence-corrected chi connectivity index (χ0v) is 14.7. The lowest BCUT2D eigenvalue weighted by Crippen LogP contribution is -2.28. The van der Waals surface area contributed by atoms with Gasteiger partial charge in [0, 0.05) is 22.6 Å². The largest absolute Gasteiger partial charge is 0.493 e. The van der Waals surface area contributed by atoms with Gasteiger partial charge in [0.2, 0.25) is 0 Å². The number of benzene rings is 1. The van der Waals surface area contributed by atoms with Gasteiger partial charge in [0.05, 0.1) is 13.7 Å². The average molecular weight is 356 g/mol. The van der Waals surface area contributed by atoms with Gasteiger partial charge in [-0.2, -0.15) is 0 Å². The van der Waals surface area contributed by atoms with Crippen molar-refractivity contribution in [3.63, 3.8) is 0 Å². The van der Waals surface area contributed by atoms with Gasteiger partial charge in [-0.05, 0) is 31.9 Å². The van der Waals surface area contributed by atoms with E-state index in [2.05, 4.69) is 21.2 Å². The minimum atomic E-state index is 0.625. The van der Waals surface area contributed by atoms with Crippen LogP contribution in [0.3, 0.4) is 0 Å². The topological polar surface area (TPSA) is 30.5 Å². The number of ether oxygens (including phenoxy) is 2. The Hall–Kier alpha value is -0.740. The summed E-state index contributed by atoms with van der Waals surface area (Å²) in [7, 11) is 1.69. The van der Waals surface area contributed by atoms with E-state index in [4.69, 9.17) is 9.47 Å². The molecule has 1 aromatic rings. The molecule has 3 nitrogen and oxygen atoms in total. The van der Waals surface area contributed by atoms with Crippen LogP contribution >= 0.6 is 15.9 Å². The van der Waals surface area contributed by atoms with Gasteiger partial charge < -0.3 is 14.8 Å². The molecule has 4 heteroatoms. The third-order valence-electron chi connectivity index (χ3n) is 4.10. The van der Waals surface area contributed by atoms with Gasteiger partial charge in [-0.3, -0.25) is 0 Å². The van der Waals surface area contributed by atoms with Gasteiger partial charge in [-0.1, -0.05) is 41.6 Å². The SMILES string of the molecule is CCOc1c(OC)ccc(Br)c1CNC1CCCCCC1. The molecule has 1 aromatic carbocycles. The highest BCUT2D eigenvalue weighted by Gasteiger charge is 2.17. The van der Waals surface area contributed by atoms with Crippen LogP contribution in [-0.4, -0.2) is 19.8 Å². The van der Waals surface area contributed by atoms with E-state index in [1.807, 2.05) is 19.1 Å². The maximum absolute atomic E-state index is 5.81. The number of rotatable bonds is 6. The molecule has 0 radical (unpaired) electrons. The monoisotopic (exact) mass is 355 g/mol. The zero-order valence-electron chi connectivity index (χ0n) is 13.1. The number of methoxy groups -OCH3 is 1. The third-order valence-corrected chi connectivity index (χ3v) is 4.84. The molecule has 0 unspecified atom stereocenters. The van der Waals surface area contributed by atoms with Gasteiger partial charge in [-0.25, -0.2) is 0 Å². The minimum absolute atomic E-state index is 0.625. The molecule has 0 spiro atoms. The highest BCUT2D eigenvalue weighted by molar-refractivity contribution is 9.10. The molecule has 0 aromatic heterocycles.